The number of carbonyl (C=O) groups excluding carboxylic acids is 1. The molecule has 1 atom stereocenters. The molecule has 3 nitrogen and oxygen atoms in total. The zero-order valence-electron chi connectivity index (χ0n) is 18.6. The molecule has 1 rings (SSSR count). The van der Waals surface area contributed by atoms with E-state index in [9.17, 15) is 0 Å². The first-order valence-electron chi connectivity index (χ1n) is 9.50. The number of carbonyl (C=O) groups is 1. The van der Waals surface area contributed by atoms with Crippen molar-refractivity contribution in [3.63, 3.8) is 0 Å². The average Bonchev–Trinajstić information content (AvgIpc) is 2.68. The van der Waals surface area contributed by atoms with Gasteiger partial charge in [0.05, 0.1) is 0 Å². The molecule has 0 aromatic heterocycles. The van der Waals surface area contributed by atoms with Gasteiger partial charge < -0.3 is 15.8 Å². The average molecular weight is 375 g/mol. The summed E-state index contributed by atoms with van der Waals surface area (Å²) >= 11 is 3.53. The van der Waals surface area contributed by atoms with E-state index in [4.69, 9.17) is 10.5 Å². The molecule has 1 aliphatic rings. The van der Waals surface area contributed by atoms with Gasteiger partial charge in [-0.05, 0) is 57.9 Å². The summed E-state index contributed by atoms with van der Waals surface area (Å²) in [5.41, 5.74) is 10.3. The first-order chi connectivity index (χ1) is 11.9. The molecule has 4 heteroatoms. The van der Waals surface area contributed by atoms with E-state index in [2.05, 4.69) is 58.6 Å². The summed E-state index contributed by atoms with van der Waals surface area (Å²) < 4.78 is 0. The van der Waals surface area contributed by atoms with Gasteiger partial charge in [-0.15, -0.1) is 0 Å². The predicted octanol–water partition coefficient (Wildman–Crippen LogP) is 5.77. The maximum Gasteiger partial charge on any atom is 0.106 e. The number of hydrogen-bond acceptors (Lipinski definition) is 4. The van der Waals surface area contributed by atoms with Gasteiger partial charge in [0.1, 0.15) is 6.79 Å². The second-order valence-electron chi connectivity index (χ2n) is 5.85. The molecule has 0 spiro atoms. The van der Waals surface area contributed by atoms with Crippen LogP contribution >= 0.6 is 12.6 Å². The number of rotatable bonds is 5. The molecule has 3 N–H and O–H groups in total. The third kappa shape index (κ3) is 14.1. The van der Waals surface area contributed by atoms with Gasteiger partial charge in [0.15, 0.2) is 0 Å². The summed E-state index contributed by atoms with van der Waals surface area (Å²) in [4.78, 5) is 8.00. The van der Waals surface area contributed by atoms with Crippen LogP contribution in [-0.4, -0.2) is 25.1 Å². The number of thiol groups is 1. The largest absolute Gasteiger partial charge is 0.402 e. The van der Waals surface area contributed by atoms with Crippen molar-refractivity contribution in [1.82, 2.24) is 5.32 Å². The van der Waals surface area contributed by atoms with E-state index in [1.165, 1.54) is 17.6 Å². The second-order valence-corrected chi connectivity index (χ2v) is 5.85. The minimum absolute atomic E-state index is 0.119. The Morgan fingerprint density at radius 1 is 1.24 bits per heavy atom. The van der Waals surface area contributed by atoms with Crippen LogP contribution in [0.5, 0.6) is 0 Å². The van der Waals surface area contributed by atoms with Crippen LogP contribution in [0.25, 0.3) is 0 Å². The quantitative estimate of drug-likeness (QED) is 0.423. The van der Waals surface area contributed by atoms with Crippen molar-refractivity contribution in [1.29, 1.82) is 0 Å². The van der Waals surface area contributed by atoms with Crippen molar-refractivity contribution in [3.8, 4) is 0 Å². The summed E-state index contributed by atoms with van der Waals surface area (Å²) in [6, 6.07) is 0. The Morgan fingerprint density at radius 3 is 2.08 bits per heavy atom. The molecule has 0 bridgehead atoms. The van der Waals surface area contributed by atoms with E-state index < -0.39 is 0 Å². The number of hydrogen-bond donors (Lipinski definition) is 3. The van der Waals surface area contributed by atoms with Crippen molar-refractivity contribution < 1.29 is 4.79 Å². The zero-order chi connectivity index (χ0) is 21.1. The second kappa shape index (κ2) is 21.3. The first kappa shape index (κ1) is 32.0. The molecule has 1 aliphatic carbocycles. The highest BCUT2D eigenvalue weighted by molar-refractivity contribution is 7.79. The lowest BCUT2D eigenvalue weighted by Crippen LogP contribution is -2.46. The SMILES string of the molecule is C=O.CC.CC.CCCNC(C)(C)C(C)C1=C(N)CC=C(C)C1.CS. The van der Waals surface area contributed by atoms with E-state index in [0.29, 0.717) is 5.92 Å². The molecule has 25 heavy (non-hydrogen) atoms. The zero-order valence-corrected chi connectivity index (χ0v) is 19.5. The highest BCUT2D eigenvalue weighted by Crippen LogP contribution is 2.33. The Hall–Kier alpha value is -0.740. The Balaban J connectivity index is -0.000000241. The van der Waals surface area contributed by atoms with Crippen LogP contribution < -0.4 is 11.1 Å². The van der Waals surface area contributed by atoms with Gasteiger partial charge >= 0.3 is 0 Å². The number of nitrogens with two attached hydrogens (primary N) is 1. The highest BCUT2D eigenvalue weighted by atomic mass is 32.1. The molecular formula is C21H46N2OS. The van der Waals surface area contributed by atoms with Crippen molar-refractivity contribution in [3.05, 3.63) is 22.9 Å². The van der Waals surface area contributed by atoms with Crippen molar-refractivity contribution in [2.24, 2.45) is 11.7 Å². The third-order valence-electron chi connectivity index (χ3n) is 3.99. The van der Waals surface area contributed by atoms with Crippen LogP contribution in [0.4, 0.5) is 0 Å². The van der Waals surface area contributed by atoms with Gasteiger partial charge in [-0.1, -0.05) is 53.2 Å². The van der Waals surface area contributed by atoms with Gasteiger partial charge in [-0.2, -0.15) is 12.6 Å². The van der Waals surface area contributed by atoms with E-state index >= 15 is 0 Å². The Bertz CT molecular complexity index is 350. The predicted molar refractivity (Wildman–Crippen MR) is 120 cm³/mol. The highest BCUT2D eigenvalue weighted by Gasteiger charge is 2.29. The van der Waals surface area contributed by atoms with Crippen LogP contribution in [0.3, 0.4) is 0 Å². The Labute approximate surface area is 164 Å². The normalized spacial score (nSPS) is 14.0. The van der Waals surface area contributed by atoms with Gasteiger partial charge in [0.2, 0.25) is 0 Å². The fourth-order valence-corrected chi connectivity index (χ4v) is 2.37. The molecule has 0 amide bonds. The van der Waals surface area contributed by atoms with Gasteiger partial charge in [-0.3, -0.25) is 0 Å². The molecule has 152 valence electrons. The summed E-state index contributed by atoms with van der Waals surface area (Å²) in [6.45, 7) is 22.3. The topological polar surface area (TPSA) is 55.1 Å². The summed E-state index contributed by atoms with van der Waals surface area (Å²) in [5.74, 6) is 0.484. The lowest BCUT2D eigenvalue weighted by atomic mass is 9.78. The number of nitrogens with one attached hydrogen (secondary N) is 1. The molecule has 1 unspecified atom stereocenters. The van der Waals surface area contributed by atoms with E-state index in [1.54, 1.807) is 6.26 Å². The smallest absolute Gasteiger partial charge is 0.106 e. The molecular weight excluding hydrogens is 328 g/mol. The molecule has 0 radical (unpaired) electrons. The van der Waals surface area contributed by atoms with Gasteiger partial charge in [-0.25, -0.2) is 0 Å². The molecule has 0 aliphatic heterocycles. The van der Waals surface area contributed by atoms with E-state index in [-0.39, 0.29) is 5.54 Å². The van der Waals surface area contributed by atoms with Crippen molar-refractivity contribution in [2.45, 2.75) is 87.1 Å². The third-order valence-corrected chi connectivity index (χ3v) is 3.99. The Morgan fingerprint density at radius 2 is 1.68 bits per heavy atom. The Kier molecular flexibility index (Phi) is 27.2. The fraction of sp³-hybridized carbons (Fsp3) is 0.762. The van der Waals surface area contributed by atoms with Crippen LogP contribution in [0.2, 0.25) is 0 Å². The maximum atomic E-state index is 8.00. The molecule has 0 aromatic rings. The standard InChI is InChI=1S/C15H28N2.2C2H6.CH2O.CH4S/c1-6-9-17-15(4,5)12(3)13-10-11(2)7-8-14(13)16;4*1-2/h7,12,17H,6,8-10,16H2,1-5H3;2*1-2H3;1H2;2H,1H3. The lowest BCUT2D eigenvalue weighted by Gasteiger charge is -2.36. The summed E-state index contributed by atoms with van der Waals surface area (Å²) in [7, 11) is 0. The van der Waals surface area contributed by atoms with Crippen LogP contribution in [0.1, 0.15) is 81.6 Å². The summed E-state index contributed by atoms with van der Waals surface area (Å²) in [6.07, 6.45) is 7.08. The first-order valence-corrected chi connectivity index (χ1v) is 10.4. The van der Waals surface area contributed by atoms with Crippen LogP contribution in [-0.2, 0) is 4.79 Å². The van der Waals surface area contributed by atoms with Gasteiger partial charge in [0, 0.05) is 17.7 Å². The maximum absolute atomic E-state index is 8.00. The van der Waals surface area contributed by atoms with Gasteiger partial charge in [0.25, 0.3) is 0 Å². The molecule has 0 aromatic carbocycles. The van der Waals surface area contributed by atoms with E-state index in [0.717, 1.165) is 25.1 Å². The minimum atomic E-state index is 0.119. The van der Waals surface area contributed by atoms with E-state index in [1.807, 2.05) is 34.5 Å². The monoisotopic (exact) mass is 374 g/mol. The van der Waals surface area contributed by atoms with Crippen LogP contribution in [0, 0.1) is 5.92 Å². The van der Waals surface area contributed by atoms with Crippen molar-refractivity contribution in [2.75, 3.05) is 12.8 Å². The molecule has 0 saturated carbocycles. The minimum Gasteiger partial charge on any atom is -0.402 e. The number of allylic oxidation sites excluding steroid dienone is 2. The summed E-state index contributed by atoms with van der Waals surface area (Å²) in [5, 5.41) is 3.63. The lowest BCUT2D eigenvalue weighted by molar-refractivity contribution is -0.0979. The molecule has 0 heterocycles. The molecule has 0 fully saturated rings. The molecule has 0 saturated heterocycles. The van der Waals surface area contributed by atoms with Crippen molar-refractivity contribution >= 4 is 19.4 Å². The fourth-order valence-electron chi connectivity index (χ4n) is 2.37. The van der Waals surface area contributed by atoms with Crippen LogP contribution in [0.15, 0.2) is 22.9 Å².